The number of carbonyl (C=O) groups excluding carboxylic acids is 1. The molecule has 1 unspecified atom stereocenters. The number of rotatable bonds is 7. The fraction of sp³-hybridized carbons (Fsp3) is 0.529. The Morgan fingerprint density at radius 1 is 1.35 bits per heavy atom. The monoisotopic (exact) mass is 275 g/mol. The van der Waals surface area contributed by atoms with Crippen molar-refractivity contribution in [2.45, 2.75) is 58.6 Å². The fourth-order valence-electron chi connectivity index (χ4n) is 1.84. The molecule has 0 N–H and O–H groups in total. The van der Waals surface area contributed by atoms with E-state index in [0.717, 1.165) is 18.4 Å². The Bertz CT molecular complexity index is 440. The average Bonchev–Trinajstić information content (AvgIpc) is 2.43. The van der Waals surface area contributed by atoms with E-state index in [4.69, 9.17) is 4.74 Å². The van der Waals surface area contributed by atoms with Gasteiger partial charge in [-0.1, -0.05) is 50.1 Å². The molecule has 0 heterocycles. The molecule has 0 saturated carbocycles. The summed E-state index contributed by atoms with van der Waals surface area (Å²) < 4.78 is 5.35. The van der Waals surface area contributed by atoms with Gasteiger partial charge in [-0.2, -0.15) is 0 Å². The lowest BCUT2D eigenvalue weighted by Gasteiger charge is -2.24. The van der Waals surface area contributed by atoms with Crippen molar-refractivity contribution in [3.63, 3.8) is 0 Å². The first kappa shape index (κ1) is 16.4. The molecular formula is C17H25NO2. The molecule has 1 aromatic rings. The van der Waals surface area contributed by atoms with E-state index in [1.165, 1.54) is 0 Å². The van der Waals surface area contributed by atoms with E-state index in [0.29, 0.717) is 6.42 Å². The van der Waals surface area contributed by atoms with E-state index in [1.54, 1.807) is 6.21 Å². The predicted octanol–water partition coefficient (Wildman–Crippen LogP) is 4.01. The van der Waals surface area contributed by atoms with Gasteiger partial charge in [-0.25, -0.2) is 4.79 Å². The number of hydrogen-bond donors (Lipinski definition) is 0. The molecule has 20 heavy (non-hydrogen) atoms. The number of aliphatic imine (C=N–C) groups is 1. The summed E-state index contributed by atoms with van der Waals surface area (Å²) in [6.45, 7) is 7.68. The normalized spacial score (nSPS) is 14.4. The van der Waals surface area contributed by atoms with E-state index >= 15 is 0 Å². The van der Waals surface area contributed by atoms with E-state index in [-0.39, 0.29) is 12.1 Å². The third-order valence-corrected chi connectivity index (χ3v) is 3.10. The molecule has 1 aromatic carbocycles. The molecule has 0 aliphatic rings. The summed E-state index contributed by atoms with van der Waals surface area (Å²) in [7, 11) is 0. The molecule has 0 saturated heterocycles. The third kappa shape index (κ3) is 5.16. The molecule has 0 bridgehead atoms. The van der Waals surface area contributed by atoms with Gasteiger partial charge in [-0.15, -0.1) is 0 Å². The van der Waals surface area contributed by atoms with Gasteiger partial charge < -0.3 is 4.74 Å². The second kappa shape index (κ2) is 7.83. The second-order valence-corrected chi connectivity index (χ2v) is 5.50. The van der Waals surface area contributed by atoms with E-state index in [2.05, 4.69) is 11.9 Å². The first-order chi connectivity index (χ1) is 9.48. The minimum absolute atomic E-state index is 0.115. The van der Waals surface area contributed by atoms with Gasteiger partial charge in [0.1, 0.15) is 0 Å². The highest BCUT2D eigenvalue weighted by Crippen LogP contribution is 2.21. The van der Waals surface area contributed by atoms with Gasteiger partial charge in [0.25, 0.3) is 0 Å². The summed E-state index contributed by atoms with van der Waals surface area (Å²) >= 11 is 0. The van der Waals surface area contributed by atoms with Gasteiger partial charge in [0, 0.05) is 6.21 Å². The van der Waals surface area contributed by atoms with Crippen LogP contribution in [0.1, 0.15) is 52.5 Å². The summed E-state index contributed by atoms with van der Waals surface area (Å²) in [6, 6.07) is 9.81. The van der Waals surface area contributed by atoms with Crippen molar-refractivity contribution in [2.75, 3.05) is 0 Å². The largest absolute Gasteiger partial charge is 0.461 e. The molecular weight excluding hydrogens is 250 g/mol. The molecule has 110 valence electrons. The maximum atomic E-state index is 12.3. The van der Waals surface area contributed by atoms with Crippen molar-refractivity contribution < 1.29 is 9.53 Å². The van der Waals surface area contributed by atoms with Crippen molar-refractivity contribution in [3.8, 4) is 0 Å². The van der Waals surface area contributed by atoms with Crippen LogP contribution in [0.4, 0.5) is 0 Å². The first-order valence-corrected chi connectivity index (χ1v) is 7.29. The minimum Gasteiger partial charge on any atom is -0.461 e. The van der Waals surface area contributed by atoms with E-state index in [1.807, 2.05) is 51.1 Å². The standard InChI is InChI=1S/C17H25NO2/c1-5-6-12-17(4,16(19)20-14(2)3)18-13-15-10-8-7-9-11-15/h7-11,13-14H,5-6,12H2,1-4H3. The summed E-state index contributed by atoms with van der Waals surface area (Å²) in [4.78, 5) is 16.8. The number of ether oxygens (including phenoxy) is 1. The van der Waals surface area contributed by atoms with E-state index in [9.17, 15) is 4.79 Å². The number of esters is 1. The average molecular weight is 275 g/mol. The Balaban J connectivity index is 2.87. The van der Waals surface area contributed by atoms with Crippen LogP contribution in [0.3, 0.4) is 0 Å². The van der Waals surface area contributed by atoms with Gasteiger partial charge >= 0.3 is 5.97 Å². The number of benzene rings is 1. The molecule has 0 aromatic heterocycles. The molecule has 0 amide bonds. The number of carbonyl (C=O) groups is 1. The minimum atomic E-state index is -0.796. The lowest BCUT2D eigenvalue weighted by molar-refractivity contribution is -0.153. The molecule has 0 fully saturated rings. The van der Waals surface area contributed by atoms with Gasteiger partial charge in [0.2, 0.25) is 0 Å². The van der Waals surface area contributed by atoms with Crippen molar-refractivity contribution in [2.24, 2.45) is 4.99 Å². The number of hydrogen-bond acceptors (Lipinski definition) is 3. The van der Waals surface area contributed by atoms with Crippen LogP contribution in [0.5, 0.6) is 0 Å². The molecule has 0 spiro atoms. The van der Waals surface area contributed by atoms with Gasteiger partial charge in [-0.3, -0.25) is 4.99 Å². The number of unbranched alkanes of at least 4 members (excludes halogenated alkanes) is 1. The Hall–Kier alpha value is -1.64. The number of nitrogens with zero attached hydrogens (tertiary/aromatic N) is 1. The molecule has 3 nitrogen and oxygen atoms in total. The van der Waals surface area contributed by atoms with Crippen LogP contribution in [-0.2, 0) is 9.53 Å². The highest BCUT2D eigenvalue weighted by molar-refractivity contribution is 5.86. The van der Waals surface area contributed by atoms with Crippen LogP contribution in [-0.4, -0.2) is 23.8 Å². The van der Waals surface area contributed by atoms with Crippen molar-refractivity contribution in [3.05, 3.63) is 35.9 Å². The third-order valence-electron chi connectivity index (χ3n) is 3.10. The maximum absolute atomic E-state index is 12.3. The van der Waals surface area contributed by atoms with Crippen molar-refractivity contribution in [1.29, 1.82) is 0 Å². The summed E-state index contributed by atoms with van der Waals surface area (Å²) in [6.07, 6.45) is 4.34. The fourth-order valence-corrected chi connectivity index (χ4v) is 1.84. The first-order valence-electron chi connectivity index (χ1n) is 7.29. The van der Waals surface area contributed by atoms with Crippen LogP contribution in [0, 0.1) is 0 Å². The van der Waals surface area contributed by atoms with Crippen molar-refractivity contribution in [1.82, 2.24) is 0 Å². The lowest BCUT2D eigenvalue weighted by atomic mass is 9.95. The summed E-state index contributed by atoms with van der Waals surface area (Å²) in [5.41, 5.74) is 0.198. The topological polar surface area (TPSA) is 38.7 Å². The molecule has 1 rings (SSSR count). The Morgan fingerprint density at radius 3 is 2.55 bits per heavy atom. The Labute approximate surface area is 122 Å². The molecule has 0 aliphatic heterocycles. The zero-order valence-corrected chi connectivity index (χ0v) is 12.9. The van der Waals surface area contributed by atoms with Gasteiger partial charge in [-0.05, 0) is 32.8 Å². The summed E-state index contributed by atoms with van der Waals surface area (Å²) in [5.74, 6) is -0.242. The quantitative estimate of drug-likeness (QED) is 0.557. The van der Waals surface area contributed by atoms with Crippen molar-refractivity contribution >= 4 is 12.2 Å². The highest BCUT2D eigenvalue weighted by Gasteiger charge is 2.33. The zero-order chi connectivity index (χ0) is 15.0. The second-order valence-electron chi connectivity index (χ2n) is 5.50. The SMILES string of the molecule is CCCCC(C)(N=Cc1ccccc1)C(=O)OC(C)C. The van der Waals surface area contributed by atoms with E-state index < -0.39 is 5.54 Å². The molecule has 3 heteroatoms. The Kier molecular flexibility index (Phi) is 6.43. The maximum Gasteiger partial charge on any atom is 0.333 e. The predicted molar refractivity (Wildman–Crippen MR) is 83.2 cm³/mol. The smallest absolute Gasteiger partial charge is 0.333 e. The molecule has 0 radical (unpaired) electrons. The van der Waals surface area contributed by atoms with Crippen LogP contribution in [0.15, 0.2) is 35.3 Å². The van der Waals surface area contributed by atoms with Gasteiger partial charge in [0.15, 0.2) is 5.54 Å². The van der Waals surface area contributed by atoms with Crippen LogP contribution in [0.25, 0.3) is 0 Å². The highest BCUT2D eigenvalue weighted by atomic mass is 16.5. The van der Waals surface area contributed by atoms with Crippen LogP contribution in [0.2, 0.25) is 0 Å². The molecule has 1 atom stereocenters. The molecule has 0 aliphatic carbocycles. The summed E-state index contributed by atoms with van der Waals surface area (Å²) in [5, 5.41) is 0. The van der Waals surface area contributed by atoms with Gasteiger partial charge in [0.05, 0.1) is 6.10 Å². The lowest BCUT2D eigenvalue weighted by Crippen LogP contribution is -2.36. The Morgan fingerprint density at radius 2 is 2.00 bits per heavy atom. The van der Waals surface area contributed by atoms with Crippen LogP contribution < -0.4 is 0 Å². The zero-order valence-electron chi connectivity index (χ0n) is 12.9. The van der Waals surface area contributed by atoms with Crippen LogP contribution >= 0.6 is 0 Å².